The van der Waals surface area contributed by atoms with E-state index in [1.54, 1.807) is 0 Å². The van der Waals surface area contributed by atoms with Crippen LogP contribution in [-0.4, -0.2) is 15.2 Å². The van der Waals surface area contributed by atoms with E-state index in [9.17, 15) is 0 Å². The van der Waals surface area contributed by atoms with E-state index in [4.69, 9.17) is 5.73 Å². The molecule has 0 aliphatic carbocycles. The lowest BCUT2D eigenvalue weighted by Gasteiger charge is -2.18. The number of rotatable bonds is 2. The molecular formula is C19H22N4. The fourth-order valence-corrected chi connectivity index (χ4v) is 2.46. The van der Waals surface area contributed by atoms with Crippen molar-refractivity contribution in [2.45, 2.75) is 33.1 Å². The highest BCUT2D eigenvalue weighted by molar-refractivity contribution is 5.64. The lowest BCUT2D eigenvalue weighted by Crippen LogP contribution is -2.10. The van der Waals surface area contributed by atoms with Gasteiger partial charge in [0.2, 0.25) is 0 Å². The number of hydrogen-bond acceptors (Lipinski definition) is 3. The summed E-state index contributed by atoms with van der Waals surface area (Å²) in [5.41, 5.74) is 11.1. The van der Waals surface area contributed by atoms with Gasteiger partial charge in [0.05, 0.1) is 0 Å². The molecule has 2 aromatic carbocycles. The number of hydrogen-bond donors (Lipinski definition) is 2. The quantitative estimate of drug-likeness (QED) is 0.693. The first-order chi connectivity index (χ1) is 10.8. The summed E-state index contributed by atoms with van der Waals surface area (Å²) in [6, 6.07) is 14.3. The van der Waals surface area contributed by atoms with Crippen LogP contribution in [0.2, 0.25) is 0 Å². The Morgan fingerprint density at radius 2 is 1.61 bits per heavy atom. The van der Waals surface area contributed by atoms with E-state index in [2.05, 4.69) is 60.2 Å². The van der Waals surface area contributed by atoms with Gasteiger partial charge in [0.1, 0.15) is 0 Å². The van der Waals surface area contributed by atoms with Crippen LogP contribution in [0.5, 0.6) is 0 Å². The van der Waals surface area contributed by atoms with Crippen molar-refractivity contribution in [2.24, 2.45) is 0 Å². The first kappa shape index (κ1) is 15.3. The Hall–Kier alpha value is -2.62. The van der Waals surface area contributed by atoms with Crippen LogP contribution >= 0.6 is 0 Å². The van der Waals surface area contributed by atoms with Crippen molar-refractivity contribution in [3.8, 4) is 22.8 Å². The van der Waals surface area contributed by atoms with Crippen molar-refractivity contribution in [3.63, 3.8) is 0 Å². The highest BCUT2D eigenvalue weighted by Crippen LogP contribution is 2.26. The monoisotopic (exact) mass is 306 g/mol. The molecular weight excluding hydrogens is 284 g/mol. The Morgan fingerprint density at radius 1 is 0.957 bits per heavy atom. The molecule has 3 rings (SSSR count). The SMILES string of the molecule is Cc1cc(-c2n[nH]c(-c3ccc(C(C)(C)C)cc3)n2)ccc1N. The molecule has 0 radical (unpaired) electrons. The number of nitrogens with two attached hydrogens (primary N) is 1. The third-order valence-corrected chi connectivity index (χ3v) is 4.04. The minimum absolute atomic E-state index is 0.145. The molecule has 118 valence electrons. The Bertz CT molecular complexity index is 823. The molecule has 23 heavy (non-hydrogen) atoms. The molecule has 0 unspecified atom stereocenters. The zero-order chi connectivity index (χ0) is 16.6. The van der Waals surface area contributed by atoms with Gasteiger partial charge >= 0.3 is 0 Å². The van der Waals surface area contributed by atoms with Crippen molar-refractivity contribution in [3.05, 3.63) is 53.6 Å². The van der Waals surface area contributed by atoms with Crippen LogP contribution in [0.4, 0.5) is 5.69 Å². The van der Waals surface area contributed by atoms with Crippen molar-refractivity contribution in [1.29, 1.82) is 0 Å². The van der Waals surface area contributed by atoms with Gasteiger partial charge < -0.3 is 5.73 Å². The second-order valence-electron chi connectivity index (χ2n) is 6.91. The molecule has 1 heterocycles. The number of nitrogen functional groups attached to an aromatic ring is 1. The van der Waals surface area contributed by atoms with Crippen LogP contribution < -0.4 is 5.73 Å². The topological polar surface area (TPSA) is 67.6 Å². The molecule has 0 atom stereocenters. The lowest BCUT2D eigenvalue weighted by atomic mass is 9.87. The fourth-order valence-electron chi connectivity index (χ4n) is 2.46. The lowest BCUT2D eigenvalue weighted by molar-refractivity contribution is 0.590. The van der Waals surface area contributed by atoms with E-state index >= 15 is 0 Å². The molecule has 0 bridgehead atoms. The molecule has 3 aromatic rings. The summed E-state index contributed by atoms with van der Waals surface area (Å²) in [5.74, 6) is 1.46. The summed E-state index contributed by atoms with van der Waals surface area (Å²) < 4.78 is 0. The van der Waals surface area contributed by atoms with E-state index in [0.717, 1.165) is 28.2 Å². The predicted octanol–water partition coefficient (Wildman–Crippen LogP) is 4.33. The number of benzene rings is 2. The van der Waals surface area contributed by atoms with Gasteiger partial charge in [-0.2, -0.15) is 5.10 Å². The molecule has 1 aromatic heterocycles. The smallest absolute Gasteiger partial charge is 0.181 e. The van der Waals surface area contributed by atoms with Crippen molar-refractivity contribution in [2.75, 3.05) is 5.73 Å². The Kier molecular flexibility index (Phi) is 3.68. The summed E-state index contributed by atoms with van der Waals surface area (Å²) in [4.78, 5) is 4.61. The van der Waals surface area contributed by atoms with E-state index in [1.807, 2.05) is 25.1 Å². The standard InChI is InChI=1S/C19H22N4/c1-12-11-14(7-10-16(12)20)18-21-17(22-23-18)13-5-8-15(9-6-13)19(2,3)4/h5-11H,20H2,1-4H3,(H,21,22,23). The largest absolute Gasteiger partial charge is 0.399 e. The van der Waals surface area contributed by atoms with Gasteiger partial charge in [0.15, 0.2) is 11.6 Å². The van der Waals surface area contributed by atoms with E-state index in [-0.39, 0.29) is 5.41 Å². The van der Waals surface area contributed by atoms with Crippen LogP contribution in [-0.2, 0) is 5.41 Å². The van der Waals surface area contributed by atoms with Gasteiger partial charge in [0, 0.05) is 16.8 Å². The number of nitrogens with one attached hydrogen (secondary N) is 1. The Morgan fingerprint density at radius 3 is 2.22 bits per heavy atom. The van der Waals surface area contributed by atoms with Crippen molar-refractivity contribution in [1.82, 2.24) is 15.2 Å². The molecule has 4 heteroatoms. The average Bonchev–Trinajstić information content (AvgIpc) is 2.99. The number of nitrogens with zero attached hydrogens (tertiary/aromatic N) is 2. The Balaban J connectivity index is 1.91. The number of aryl methyl sites for hydroxylation is 1. The van der Waals surface area contributed by atoms with Crippen LogP contribution in [0, 0.1) is 6.92 Å². The molecule has 0 saturated carbocycles. The summed E-state index contributed by atoms with van der Waals surface area (Å²) in [6.07, 6.45) is 0. The maximum atomic E-state index is 5.86. The van der Waals surface area contributed by atoms with Gasteiger partial charge in [-0.15, -0.1) is 0 Å². The maximum Gasteiger partial charge on any atom is 0.181 e. The normalized spacial score (nSPS) is 11.7. The van der Waals surface area contributed by atoms with Crippen LogP contribution in [0.3, 0.4) is 0 Å². The van der Waals surface area contributed by atoms with E-state index < -0.39 is 0 Å². The molecule has 0 spiro atoms. The van der Waals surface area contributed by atoms with E-state index in [1.165, 1.54) is 5.56 Å². The van der Waals surface area contributed by atoms with Crippen molar-refractivity contribution >= 4 is 5.69 Å². The number of aromatic amines is 1. The highest BCUT2D eigenvalue weighted by Gasteiger charge is 2.14. The first-order valence-corrected chi connectivity index (χ1v) is 7.74. The molecule has 0 saturated heterocycles. The van der Waals surface area contributed by atoms with E-state index in [0.29, 0.717) is 5.82 Å². The predicted molar refractivity (Wildman–Crippen MR) is 95.1 cm³/mol. The summed E-state index contributed by atoms with van der Waals surface area (Å²) >= 11 is 0. The molecule has 0 amide bonds. The first-order valence-electron chi connectivity index (χ1n) is 7.74. The van der Waals surface area contributed by atoms with Crippen LogP contribution in [0.1, 0.15) is 31.9 Å². The average molecular weight is 306 g/mol. The van der Waals surface area contributed by atoms with Gasteiger partial charge in [-0.25, -0.2) is 4.98 Å². The number of aromatic nitrogens is 3. The van der Waals surface area contributed by atoms with Crippen LogP contribution in [0.25, 0.3) is 22.8 Å². The molecule has 4 nitrogen and oxygen atoms in total. The fraction of sp³-hybridized carbons (Fsp3) is 0.263. The number of H-pyrrole nitrogens is 1. The second kappa shape index (κ2) is 5.54. The molecule has 0 fully saturated rings. The zero-order valence-corrected chi connectivity index (χ0v) is 14.0. The minimum Gasteiger partial charge on any atom is -0.399 e. The molecule has 0 aliphatic heterocycles. The minimum atomic E-state index is 0.145. The summed E-state index contributed by atoms with van der Waals surface area (Å²) in [7, 11) is 0. The van der Waals surface area contributed by atoms with Gasteiger partial charge in [0.25, 0.3) is 0 Å². The summed E-state index contributed by atoms with van der Waals surface area (Å²) in [5, 5.41) is 7.35. The van der Waals surface area contributed by atoms with Crippen molar-refractivity contribution < 1.29 is 0 Å². The Labute approximate surface area is 136 Å². The highest BCUT2D eigenvalue weighted by atomic mass is 15.2. The van der Waals surface area contributed by atoms with Gasteiger partial charge in [-0.3, -0.25) is 5.10 Å². The third kappa shape index (κ3) is 3.11. The number of anilines is 1. The van der Waals surface area contributed by atoms with Gasteiger partial charge in [-0.05, 0) is 41.7 Å². The third-order valence-electron chi connectivity index (χ3n) is 4.04. The van der Waals surface area contributed by atoms with Gasteiger partial charge in [-0.1, -0.05) is 45.0 Å². The molecule has 0 aliphatic rings. The second-order valence-corrected chi connectivity index (χ2v) is 6.91. The van der Waals surface area contributed by atoms with Crippen LogP contribution in [0.15, 0.2) is 42.5 Å². The zero-order valence-electron chi connectivity index (χ0n) is 14.0. The molecule has 3 N–H and O–H groups in total. The maximum absolute atomic E-state index is 5.86. The summed E-state index contributed by atoms with van der Waals surface area (Å²) in [6.45, 7) is 8.60.